The van der Waals surface area contributed by atoms with Crippen molar-refractivity contribution in [2.24, 2.45) is 0 Å². The molecule has 2 N–H and O–H groups in total. The predicted molar refractivity (Wildman–Crippen MR) is 103 cm³/mol. The fraction of sp³-hybridized carbons (Fsp3) is 0. The summed E-state index contributed by atoms with van der Waals surface area (Å²) in [4.78, 5) is 25.0. The highest BCUT2D eigenvalue weighted by molar-refractivity contribution is 9.10. The third kappa shape index (κ3) is 4.23. The highest BCUT2D eigenvalue weighted by Crippen LogP contribution is 2.23. The van der Waals surface area contributed by atoms with Crippen molar-refractivity contribution in [3.63, 3.8) is 0 Å². The first-order chi connectivity index (χ1) is 13.4. The van der Waals surface area contributed by atoms with Crippen LogP contribution in [-0.4, -0.2) is 11.8 Å². The number of nitrogens with one attached hydrogen (secondary N) is 2. The Labute approximate surface area is 166 Å². The van der Waals surface area contributed by atoms with E-state index < -0.39 is 35.0 Å². The molecule has 8 heteroatoms. The molecule has 3 aromatic rings. The summed E-state index contributed by atoms with van der Waals surface area (Å²) < 4.78 is 40.7. The van der Waals surface area contributed by atoms with Gasteiger partial charge in [0.1, 0.15) is 5.82 Å². The number of rotatable bonds is 4. The zero-order valence-corrected chi connectivity index (χ0v) is 15.7. The first-order valence-corrected chi connectivity index (χ1v) is 8.77. The molecule has 0 atom stereocenters. The maximum Gasteiger partial charge on any atom is 0.257 e. The topological polar surface area (TPSA) is 58.2 Å². The minimum atomic E-state index is -1.36. The molecule has 142 valence electrons. The Bertz CT molecular complexity index is 1070. The van der Waals surface area contributed by atoms with Crippen LogP contribution in [0.5, 0.6) is 0 Å². The predicted octanol–water partition coefficient (Wildman–Crippen LogP) is 5.37. The Morgan fingerprint density at radius 3 is 1.93 bits per heavy atom. The number of carbonyl (C=O) groups is 2. The summed E-state index contributed by atoms with van der Waals surface area (Å²) in [6, 6.07) is 13.7. The van der Waals surface area contributed by atoms with E-state index in [0.717, 1.165) is 0 Å². The molecule has 0 bridgehead atoms. The summed E-state index contributed by atoms with van der Waals surface area (Å²) in [6.45, 7) is 0. The van der Waals surface area contributed by atoms with Crippen LogP contribution in [0.2, 0.25) is 0 Å². The summed E-state index contributed by atoms with van der Waals surface area (Å²) in [7, 11) is 0. The molecule has 0 heterocycles. The maximum atomic E-state index is 13.8. The van der Waals surface area contributed by atoms with Gasteiger partial charge in [0.2, 0.25) is 0 Å². The maximum absolute atomic E-state index is 13.8. The zero-order valence-electron chi connectivity index (χ0n) is 14.1. The summed E-state index contributed by atoms with van der Waals surface area (Å²) in [5, 5.41) is 4.79. The molecule has 0 aromatic heterocycles. The highest BCUT2D eigenvalue weighted by atomic mass is 79.9. The second-order valence-corrected chi connectivity index (χ2v) is 6.53. The van der Waals surface area contributed by atoms with Crippen LogP contribution in [0.15, 0.2) is 65.1 Å². The lowest BCUT2D eigenvalue weighted by Gasteiger charge is -2.12. The van der Waals surface area contributed by atoms with Crippen LogP contribution in [-0.2, 0) is 0 Å². The smallest absolute Gasteiger partial charge is 0.257 e. The molecule has 0 aliphatic carbocycles. The van der Waals surface area contributed by atoms with Gasteiger partial charge in [-0.25, -0.2) is 13.2 Å². The first-order valence-electron chi connectivity index (χ1n) is 7.97. The van der Waals surface area contributed by atoms with Crippen molar-refractivity contribution < 1.29 is 22.8 Å². The Morgan fingerprint density at radius 2 is 1.21 bits per heavy atom. The fourth-order valence-electron chi connectivity index (χ4n) is 2.43. The number of hydrogen-bond acceptors (Lipinski definition) is 2. The number of benzene rings is 3. The van der Waals surface area contributed by atoms with E-state index in [1.807, 2.05) is 0 Å². The number of carbonyl (C=O) groups excluding carboxylic acids is 2. The minimum Gasteiger partial charge on any atom is -0.321 e. The van der Waals surface area contributed by atoms with Crippen molar-refractivity contribution in [3.8, 4) is 0 Å². The molecule has 0 aliphatic rings. The molecule has 4 nitrogen and oxygen atoms in total. The van der Waals surface area contributed by atoms with Gasteiger partial charge >= 0.3 is 0 Å². The lowest BCUT2D eigenvalue weighted by Crippen LogP contribution is -2.19. The molecular weight excluding hydrogens is 437 g/mol. The van der Waals surface area contributed by atoms with E-state index in [-0.39, 0.29) is 11.3 Å². The summed E-state index contributed by atoms with van der Waals surface area (Å²) in [6.07, 6.45) is 0. The van der Waals surface area contributed by atoms with Crippen LogP contribution < -0.4 is 10.6 Å². The normalized spacial score (nSPS) is 10.4. The van der Waals surface area contributed by atoms with Gasteiger partial charge in [-0.1, -0.05) is 24.3 Å². The molecular formula is C20H12BrF3N2O2. The van der Waals surface area contributed by atoms with Gasteiger partial charge in [-0.15, -0.1) is 0 Å². The van der Waals surface area contributed by atoms with Gasteiger partial charge in [0.05, 0.1) is 22.5 Å². The van der Waals surface area contributed by atoms with Gasteiger partial charge in [-0.05, 0) is 40.2 Å². The minimum absolute atomic E-state index is 0.0204. The van der Waals surface area contributed by atoms with Crippen LogP contribution in [0, 0.1) is 17.5 Å². The van der Waals surface area contributed by atoms with Crippen molar-refractivity contribution in [3.05, 3.63) is 93.7 Å². The SMILES string of the molecule is O=C(Nc1ccccc1C(=O)Nc1cc(F)c(F)cc1F)c1ccccc1Br. The van der Waals surface area contributed by atoms with E-state index >= 15 is 0 Å². The summed E-state index contributed by atoms with van der Waals surface area (Å²) in [5.41, 5.74) is 0.0241. The summed E-state index contributed by atoms with van der Waals surface area (Å²) in [5.74, 6) is -5.05. The third-order valence-electron chi connectivity index (χ3n) is 3.80. The average molecular weight is 449 g/mol. The molecule has 28 heavy (non-hydrogen) atoms. The number of anilines is 2. The monoisotopic (exact) mass is 448 g/mol. The van der Waals surface area contributed by atoms with Crippen molar-refractivity contribution in [2.75, 3.05) is 10.6 Å². The van der Waals surface area contributed by atoms with E-state index in [2.05, 4.69) is 26.6 Å². The van der Waals surface area contributed by atoms with Crippen molar-refractivity contribution in [1.29, 1.82) is 0 Å². The standard InChI is InChI=1S/C20H12BrF3N2O2/c21-13-7-3-1-5-11(13)19(27)25-17-8-4-2-6-12(17)20(28)26-18-10-15(23)14(22)9-16(18)24/h1-10H,(H,25,27)(H,26,28). The summed E-state index contributed by atoms with van der Waals surface area (Å²) >= 11 is 3.27. The van der Waals surface area contributed by atoms with E-state index in [1.54, 1.807) is 36.4 Å². The molecule has 0 saturated heterocycles. The van der Waals surface area contributed by atoms with E-state index in [0.29, 0.717) is 22.2 Å². The Morgan fingerprint density at radius 1 is 0.679 bits per heavy atom. The molecule has 0 fully saturated rings. The van der Waals surface area contributed by atoms with Gasteiger partial charge in [0, 0.05) is 16.6 Å². The lowest BCUT2D eigenvalue weighted by molar-refractivity contribution is 0.102. The van der Waals surface area contributed by atoms with Crippen LogP contribution in [0.1, 0.15) is 20.7 Å². The largest absolute Gasteiger partial charge is 0.321 e. The molecule has 0 aliphatic heterocycles. The molecule has 0 saturated carbocycles. The van der Waals surface area contributed by atoms with Crippen molar-refractivity contribution in [1.82, 2.24) is 0 Å². The Balaban J connectivity index is 1.86. The second-order valence-electron chi connectivity index (χ2n) is 5.68. The lowest BCUT2D eigenvalue weighted by atomic mass is 10.1. The highest BCUT2D eigenvalue weighted by Gasteiger charge is 2.18. The molecule has 3 rings (SSSR count). The van der Waals surface area contributed by atoms with Gasteiger partial charge < -0.3 is 10.6 Å². The molecule has 0 radical (unpaired) electrons. The molecule has 0 spiro atoms. The van der Waals surface area contributed by atoms with Crippen LogP contribution in [0.3, 0.4) is 0 Å². The third-order valence-corrected chi connectivity index (χ3v) is 4.49. The molecule has 2 amide bonds. The quantitative estimate of drug-likeness (QED) is 0.527. The second kappa shape index (κ2) is 8.26. The average Bonchev–Trinajstić information content (AvgIpc) is 2.66. The number of halogens is 4. The van der Waals surface area contributed by atoms with E-state index in [1.165, 1.54) is 12.1 Å². The van der Waals surface area contributed by atoms with Gasteiger partial charge in [0.25, 0.3) is 11.8 Å². The van der Waals surface area contributed by atoms with Crippen molar-refractivity contribution >= 4 is 39.1 Å². The van der Waals surface area contributed by atoms with Gasteiger partial charge in [-0.3, -0.25) is 9.59 Å². The number of amides is 2. The Kier molecular flexibility index (Phi) is 5.79. The van der Waals surface area contributed by atoms with Crippen LogP contribution in [0.4, 0.5) is 24.5 Å². The fourth-order valence-corrected chi connectivity index (χ4v) is 2.90. The number of para-hydroxylation sites is 1. The molecule has 3 aromatic carbocycles. The van der Waals surface area contributed by atoms with Gasteiger partial charge in [-0.2, -0.15) is 0 Å². The van der Waals surface area contributed by atoms with E-state index in [9.17, 15) is 22.8 Å². The zero-order chi connectivity index (χ0) is 20.3. The Hall–Kier alpha value is -3.13. The van der Waals surface area contributed by atoms with E-state index in [4.69, 9.17) is 0 Å². The van der Waals surface area contributed by atoms with Crippen LogP contribution >= 0.6 is 15.9 Å². The van der Waals surface area contributed by atoms with Crippen molar-refractivity contribution in [2.45, 2.75) is 0 Å². The number of hydrogen-bond donors (Lipinski definition) is 2. The first kappa shape index (κ1) is 19.6. The van der Waals surface area contributed by atoms with Crippen LogP contribution in [0.25, 0.3) is 0 Å². The van der Waals surface area contributed by atoms with Gasteiger partial charge in [0.15, 0.2) is 11.6 Å². The molecule has 0 unspecified atom stereocenters.